The zero-order valence-electron chi connectivity index (χ0n) is 13.5. The van der Waals surface area contributed by atoms with E-state index in [1.165, 1.54) is 55.5 Å². The van der Waals surface area contributed by atoms with Gasteiger partial charge in [0.2, 0.25) is 0 Å². The van der Waals surface area contributed by atoms with Crippen molar-refractivity contribution in [3.05, 3.63) is 28.8 Å². The molecule has 1 fully saturated rings. The molecule has 0 aromatic heterocycles. The lowest BCUT2D eigenvalue weighted by Crippen LogP contribution is -2.35. The Labute approximate surface area is 128 Å². The molecule has 2 aliphatic heterocycles. The Morgan fingerprint density at radius 3 is 2.71 bits per heavy atom. The summed E-state index contributed by atoms with van der Waals surface area (Å²) in [4.78, 5) is 2.58. The SMILES string of the molecule is CCC1Cc2cc(CN3CCCCC3)c(OC)cc2CN1. The van der Waals surface area contributed by atoms with Gasteiger partial charge in [-0.15, -0.1) is 0 Å². The molecule has 2 heterocycles. The molecule has 1 aromatic rings. The molecule has 0 spiro atoms. The summed E-state index contributed by atoms with van der Waals surface area (Å²) in [6, 6.07) is 5.30. The van der Waals surface area contributed by atoms with Crippen LogP contribution in [0.15, 0.2) is 12.1 Å². The van der Waals surface area contributed by atoms with Crippen LogP contribution >= 0.6 is 0 Å². The minimum absolute atomic E-state index is 0.633. The largest absolute Gasteiger partial charge is 0.496 e. The van der Waals surface area contributed by atoms with Crippen LogP contribution in [0.25, 0.3) is 0 Å². The molecule has 3 nitrogen and oxygen atoms in total. The van der Waals surface area contributed by atoms with Crippen LogP contribution in [-0.4, -0.2) is 31.1 Å². The fourth-order valence-electron chi connectivity index (χ4n) is 3.62. The number of nitrogens with one attached hydrogen (secondary N) is 1. The fourth-order valence-corrected chi connectivity index (χ4v) is 3.62. The highest BCUT2D eigenvalue weighted by Gasteiger charge is 2.20. The average molecular weight is 288 g/mol. The summed E-state index contributed by atoms with van der Waals surface area (Å²) < 4.78 is 5.65. The summed E-state index contributed by atoms with van der Waals surface area (Å²) in [6.45, 7) is 6.76. The third kappa shape index (κ3) is 3.41. The number of likely N-dealkylation sites (tertiary alicyclic amines) is 1. The van der Waals surface area contributed by atoms with Crippen molar-refractivity contribution in [2.24, 2.45) is 0 Å². The average Bonchev–Trinajstić information content (AvgIpc) is 2.54. The normalized spacial score (nSPS) is 22.9. The topological polar surface area (TPSA) is 24.5 Å². The molecule has 3 heteroatoms. The van der Waals surface area contributed by atoms with E-state index in [4.69, 9.17) is 4.74 Å². The number of benzene rings is 1. The van der Waals surface area contributed by atoms with Crippen LogP contribution in [0.3, 0.4) is 0 Å². The number of ether oxygens (including phenoxy) is 1. The molecule has 0 radical (unpaired) electrons. The van der Waals surface area contributed by atoms with Gasteiger partial charge in [-0.05, 0) is 56.0 Å². The van der Waals surface area contributed by atoms with Gasteiger partial charge in [0.05, 0.1) is 7.11 Å². The van der Waals surface area contributed by atoms with Crippen molar-refractivity contribution >= 4 is 0 Å². The number of piperidine rings is 1. The Hall–Kier alpha value is -1.06. The van der Waals surface area contributed by atoms with Crippen molar-refractivity contribution in [3.8, 4) is 5.75 Å². The fraction of sp³-hybridized carbons (Fsp3) is 0.667. The van der Waals surface area contributed by atoms with Gasteiger partial charge in [0.1, 0.15) is 5.75 Å². The highest BCUT2D eigenvalue weighted by atomic mass is 16.5. The van der Waals surface area contributed by atoms with Crippen LogP contribution in [0, 0.1) is 0 Å². The minimum Gasteiger partial charge on any atom is -0.496 e. The van der Waals surface area contributed by atoms with E-state index < -0.39 is 0 Å². The molecule has 0 bridgehead atoms. The van der Waals surface area contributed by atoms with Gasteiger partial charge in [-0.25, -0.2) is 0 Å². The maximum Gasteiger partial charge on any atom is 0.123 e. The first kappa shape index (κ1) is 14.9. The monoisotopic (exact) mass is 288 g/mol. The molecule has 1 aromatic carbocycles. The molecule has 2 aliphatic rings. The molecule has 1 atom stereocenters. The van der Waals surface area contributed by atoms with Crippen molar-refractivity contribution in [1.82, 2.24) is 10.2 Å². The van der Waals surface area contributed by atoms with E-state index in [-0.39, 0.29) is 0 Å². The molecule has 0 saturated carbocycles. The molecule has 3 rings (SSSR count). The quantitative estimate of drug-likeness (QED) is 0.921. The Morgan fingerprint density at radius 2 is 2.00 bits per heavy atom. The third-order valence-corrected chi connectivity index (χ3v) is 4.99. The number of methoxy groups -OCH3 is 1. The zero-order chi connectivity index (χ0) is 14.7. The Morgan fingerprint density at radius 1 is 1.19 bits per heavy atom. The molecule has 0 amide bonds. The van der Waals surface area contributed by atoms with E-state index in [1.807, 2.05) is 0 Å². The van der Waals surface area contributed by atoms with Gasteiger partial charge in [-0.1, -0.05) is 19.4 Å². The van der Waals surface area contributed by atoms with Crippen LogP contribution in [-0.2, 0) is 19.5 Å². The second-order valence-corrected chi connectivity index (χ2v) is 6.46. The molecule has 1 N–H and O–H groups in total. The van der Waals surface area contributed by atoms with Gasteiger partial charge < -0.3 is 10.1 Å². The number of fused-ring (bicyclic) bond motifs is 1. The highest BCUT2D eigenvalue weighted by molar-refractivity contribution is 5.44. The van der Waals surface area contributed by atoms with E-state index >= 15 is 0 Å². The Kier molecular flexibility index (Phi) is 4.81. The van der Waals surface area contributed by atoms with Crippen LogP contribution in [0.5, 0.6) is 5.75 Å². The van der Waals surface area contributed by atoms with Gasteiger partial charge in [0, 0.05) is 24.7 Å². The van der Waals surface area contributed by atoms with Crippen molar-refractivity contribution in [1.29, 1.82) is 0 Å². The zero-order valence-corrected chi connectivity index (χ0v) is 13.5. The van der Waals surface area contributed by atoms with Crippen LogP contribution in [0.1, 0.15) is 49.3 Å². The summed E-state index contributed by atoms with van der Waals surface area (Å²) in [5.41, 5.74) is 4.31. The van der Waals surface area contributed by atoms with Gasteiger partial charge in [0.25, 0.3) is 0 Å². The first-order chi connectivity index (χ1) is 10.3. The number of nitrogens with zero attached hydrogens (tertiary/aromatic N) is 1. The number of hydrogen-bond acceptors (Lipinski definition) is 3. The molecular formula is C18H28N2O. The Balaban J connectivity index is 1.81. The summed E-state index contributed by atoms with van der Waals surface area (Å²) in [7, 11) is 1.80. The second kappa shape index (κ2) is 6.80. The second-order valence-electron chi connectivity index (χ2n) is 6.46. The first-order valence-corrected chi connectivity index (χ1v) is 8.44. The third-order valence-electron chi connectivity index (χ3n) is 4.99. The van der Waals surface area contributed by atoms with E-state index in [0.29, 0.717) is 6.04 Å². The lowest BCUT2D eigenvalue weighted by molar-refractivity contribution is 0.218. The van der Waals surface area contributed by atoms with Crippen molar-refractivity contribution in [3.63, 3.8) is 0 Å². The molecular weight excluding hydrogens is 260 g/mol. The smallest absolute Gasteiger partial charge is 0.123 e. The lowest BCUT2D eigenvalue weighted by atomic mass is 9.92. The molecule has 116 valence electrons. The summed E-state index contributed by atoms with van der Waals surface area (Å²) in [6.07, 6.45) is 6.43. The van der Waals surface area contributed by atoms with E-state index in [0.717, 1.165) is 25.3 Å². The van der Waals surface area contributed by atoms with E-state index in [9.17, 15) is 0 Å². The van der Waals surface area contributed by atoms with Gasteiger partial charge in [0.15, 0.2) is 0 Å². The van der Waals surface area contributed by atoms with Crippen molar-refractivity contribution in [2.45, 2.75) is 58.2 Å². The van der Waals surface area contributed by atoms with E-state index in [2.05, 4.69) is 29.3 Å². The van der Waals surface area contributed by atoms with E-state index in [1.54, 1.807) is 7.11 Å². The highest BCUT2D eigenvalue weighted by Crippen LogP contribution is 2.29. The number of hydrogen-bond donors (Lipinski definition) is 1. The lowest BCUT2D eigenvalue weighted by Gasteiger charge is -2.29. The van der Waals surface area contributed by atoms with Crippen LogP contribution < -0.4 is 10.1 Å². The summed E-state index contributed by atoms with van der Waals surface area (Å²) in [5.74, 6) is 1.07. The van der Waals surface area contributed by atoms with Crippen LogP contribution in [0.4, 0.5) is 0 Å². The molecule has 1 unspecified atom stereocenters. The van der Waals surface area contributed by atoms with Crippen molar-refractivity contribution in [2.75, 3.05) is 20.2 Å². The maximum atomic E-state index is 5.65. The predicted molar refractivity (Wildman–Crippen MR) is 86.7 cm³/mol. The van der Waals surface area contributed by atoms with Gasteiger partial charge in [-0.2, -0.15) is 0 Å². The molecule has 1 saturated heterocycles. The molecule has 21 heavy (non-hydrogen) atoms. The Bertz CT molecular complexity index is 480. The molecule has 0 aliphatic carbocycles. The number of rotatable bonds is 4. The van der Waals surface area contributed by atoms with Gasteiger partial charge in [-0.3, -0.25) is 4.90 Å². The van der Waals surface area contributed by atoms with Crippen molar-refractivity contribution < 1.29 is 4.74 Å². The summed E-state index contributed by atoms with van der Waals surface area (Å²) in [5, 5.41) is 3.61. The first-order valence-electron chi connectivity index (χ1n) is 8.44. The van der Waals surface area contributed by atoms with Crippen LogP contribution in [0.2, 0.25) is 0 Å². The standard InChI is InChI=1S/C18H28N2O/c1-3-17-10-14-9-16(13-20-7-5-4-6-8-20)18(21-2)11-15(14)12-19-17/h9,11,17,19H,3-8,10,12-13H2,1-2H3. The minimum atomic E-state index is 0.633. The van der Waals surface area contributed by atoms with Gasteiger partial charge >= 0.3 is 0 Å². The predicted octanol–water partition coefficient (Wildman–Crippen LogP) is 3.11. The summed E-state index contributed by atoms with van der Waals surface area (Å²) >= 11 is 0. The maximum absolute atomic E-state index is 5.65.